The Bertz CT molecular complexity index is 1320. The number of rotatable bonds is 6. The average Bonchev–Trinajstić information content (AvgIpc) is 3.09. The Balaban J connectivity index is 1.43. The van der Waals surface area contributed by atoms with Gasteiger partial charge in [0.25, 0.3) is 10.0 Å². The zero-order valence-electron chi connectivity index (χ0n) is 15.6. The number of carboxylic acid groups (broad SMARTS) is 1. The van der Waals surface area contributed by atoms with Gasteiger partial charge in [-0.3, -0.25) is 4.79 Å². The number of hydrogen-bond donors (Lipinski definition) is 2. The van der Waals surface area contributed by atoms with Crippen LogP contribution in [0.4, 0.5) is 0 Å². The van der Waals surface area contributed by atoms with E-state index in [1.54, 1.807) is 23.5 Å². The van der Waals surface area contributed by atoms with Gasteiger partial charge in [-0.05, 0) is 41.6 Å². The number of fused-ring (bicyclic) bond motifs is 1. The molecule has 1 aliphatic rings. The third-order valence-corrected chi connectivity index (χ3v) is 9.77. The van der Waals surface area contributed by atoms with Gasteiger partial charge < -0.3 is 5.11 Å². The Morgan fingerprint density at radius 3 is 2.43 bits per heavy atom. The van der Waals surface area contributed by atoms with Gasteiger partial charge in [0.1, 0.15) is 9.75 Å². The van der Waals surface area contributed by atoms with Crippen molar-refractivity contribution in [1.82, 2.24) is 4.72 Å². The van der Waals surface area contributed by atoms with Crippen LogP contribution < -0.4 is 4.72 Å². The van der Waals surface area contributed by atoms with E-state index in [-0.39, 0.29) is 16.5 Å². The van der Waals surface area contributed by atoms with Crippen LogP contribution in [0.25, 0.3) is 19.8 Å². The molecule has 2 aromatic heterocycles. The molecule has 5 rings (SSSR count). The van der Waals surface area contributed by atoms with E-state index in [9.17, 15) is 18.3 Å². The van der Waals surface area contributed by atoms with Crippen LogP contribution >= 0.6 is 22.7 Å². The maximum absolute atomic E-state index is 13.0. The van der Waals surface area contributed by atoms with Crippen LogP contribution in [0.3, 0.4) is 0 Å². The van der Waals surface area contributed by atoms with Crippen molar-refractivity contribution in [2.75, 3.05) is 0 Å². The third kappa shape index (κ3) is 3.26. The van der Waals surface area contributed by atoms with Crippen molar-refractivity contribution in [3.05, 3.63) is 78.4 Å². The summed E-state index contributed by atoms with van der Waals surface area (Å²) in [5.74, 6) is -1.53. The second kappa shape index (κ2) is 7.02. The van der Waals surface area contributed by atoms with E-state index in [1.165, 1.54) is 0 Å². The van der Waals surface area contributed by atoms with E-state index in [0.717, 1.165) is 36.7 Å². The summed E-state index contributed by atoms with van der Waals surface area (Å²) in [7, 11) is -3.97. The molecule has 5 nitrogen and oxygen atoms in total. The third-order valence-electron chi connectivity index (χ3n) is 5.38. The molecule has 30 heavy (non-hydrogen) atoms. The molecule has 2 heterocycles. The lowest BCUT2D eigenvalue weighted by Gasteiger charge is -2.14. The van der Waals surface area contributed by atoms with Gasteiger partial charge >= 0.3 is 5.97 Å². The number of nitrogens with one attached hydrogen (secondary N) is 1. The first kappa shape index (κ1) is 19.4. The van der Waals surface area contributed by atoms with Gasteiger partial charge in [0.05, 0.1) is 0 Å². The number of sulfonamides is 1. The highest BCUT2D eigenvalue weighted by atomic mass is 32.2. The van der Waals surface area contributed by atoms with Crippen molar-refractivity contribution in [2.24, 2.45) is 0 Å². The van der Waals surface area contributed by atoms with Crippen LogP contribution in [0.1, 0.15) is 17.9 Å². The molecule has 0 bridgehead atoms. The normalized spacial score (nSPS) is 21.0. The molecule has 4 aromatic rings. The van der Waals surface area contributed by atoms with Crippen LogP contribution in [-0.4, -0.2) is 25.0 Å². The van der Waals surface area contributed by atoms with Crippen LogP contribution in [0, 0.1) is 0 Å². The minimum atomic E-state index is -3.97. The molecule has 8 heteroatoms. The molecule has 2 aromatic carbocycles. The molecule has 1 aliphatic carbocycles. The maximum atomic E-state index is 13.0. The fourth-order valence-corrected chi connectivity index (χ4v) is 7.59. The van der Waals surface area contributed by atoms with Gasteiger partial charge in [0, 0.05) is 20.4 Å². The topological polar surface area (TPSA) is 83.5 Å². The first-order valence-corrected chi connectivity index (χ1v) is 12.4. The standard InChI is InChI=1S/C22H17NO4S3/c24-21(25)22(13-16(22)14-6-2-1-3-7-14)23-30(26,27)20-11-10-18(29-20)19-12-15-8-4-5-9-17(15)28-19/h1-12,16,23H,13H2,(H,24,25)/t16-,22-/m0/s1. The van der Waals surface area contributed by atoms with Gasteiger partial charge in [0.2, 0.25) is 0 Å². The molecule has 152 valence electrons. The fraction of sp³-hybridized carbons (Fsp3) is 0.136. The van der Waals surface area contributed by atoms with Crippen LogP contribution in [0.5, 0.6) is 0 Å². The highest BCUT2D eigenvalue weighted by molar-refractivity contribution is 7.91. The molecule has 1 saturated carbocycles. The Hall–Kier alpha value is -2.52. The summed E-state index contributed by atoms with van der Waals surface area (Å²) in [4.78, 5) is 13.8. The summed E-state index contributed by atoms with van der Waals surface area (Å²) >= 11 is 2.76. The Kier molecular flexibility index (Phi) is 4.55. The van der Waals surface area contributed by atoms with E-state index < -0.39 is 21.5 Å². The molecule has 0 unspecified atom stereocenters. The Labute approximate surface area is 181 Å². The van der Waals surface area contributed by atoms with E-state index in [1.807, 2.05) is 60.7 Å². The maximum Gasteiger partial charge on any atom is 0.325 e. The van der Waals surface area contributed by atoms with Crippen molar-refractivity contribution in [1.29, 1.82) is 0 Å². The first-order valence-electron chi connectivity index (χ1n) is 9.30. The van der Waals surface area contributed by atoms with E-state index >= 15 is 0 Å². The van der Waals surface area contributed by atoms with Crippen molar-refractivity contribution in [3.63, 3.8) is 0 Å². The second-order valence-corrected chi connectivity index (χ2v) is 11.4. The lowest BCUT2D eigenvalue weighted by molar-refractivity contribution is -0.140. The minimum absolute atomic E-state index is 0.120. The van der Waals surface area contributed by atoms with Crippen LogP contribution in [0.2, 0.25) is 0 Å². The van der Waals surface area contributed by atoms with Crippen LogP contribution in [-0.2, 0) is 14.8 Å². The van der Waals surface area contributed by atoms with E-state index in [0.29, 0.717) is 0 Å². The van der Waals surface area contributed by atoms with Crippen molar-refractivity contribution in [2.45, 2.75) is 22.1 Å². The summed E-state index contributed by atoms with van der Waals surface area (Å²) in [5.41, 5.74) is -0.679. The van der Waals surface area contributed by atoms with Crippen LogP contribution in [0.15, 0.2) is 77.0 Å². The number of benzene rings is 2. The van der Waals surface area contributed by atoms with Gasteiger partial charge in [-0.1, -0.05) is 48.5 Å². The molecule has 2 N–H and O–H groups in total. The molecule has 0 saturated heterocycles. The smallest absolute Gasteiger partial charge is 0.325 e. The van der Waals surface area contributed by atoms with Gasteiger partial charge in [-0.2, -0.15) is 4.72 Å². The quantitative estimate of drug-likeness (QED) is 0.432. The number of aliphatic carboxylic acids is 1. The minimum Gasteiger partial charge on any atom is -0.480 e. The summed E-state index contributed by atoms with van der Waals surface area (Å²) in [6, 6.07) is 22.5. The highest BCUT2D eigenvalue weighted by Gasteiger charge is 2.63. The lowest BCUT2D eigenvalue weighted by Crippen LogP contribution is -2.44. The van der Waals surface area contributed by atoms with Gasteiger partial charge in [-0.25, -0.2) is 8.42 Å². The highest BCUT2D eigenvalue weighted by Crippen LogP contribution is 2.52. The molecule has 2 atom stereocenters. The average molecular weight is 456 g/mol. The zero-order valence-corrected chi connectivity index (χ0v) is 18.1. The number of hydrogen-bond acceptors (Lipinski definition) is 5. The van der Waals surface area contributed by atoms with Gasteiger partial charge in [0.15, 0.2) is 0 Å². The first-order chi connectivity index (χ1) is 14.4. The van der Waals surface area contributed by atoms with E-state index in [2.05, 4.69) is 4.72 Å². The Morgan fingerprint density at radius 1 is 0.967 bits per heavy atom. The molecule has 0 aliphatic heterocycles. The van der Waals surface area contributed by atoms with Crippen molar-refractivity contribution >= 4 is 48.8 Å². The van der Waals surface area contributed by atoms with E-state index in [4.69, 9.17) is 0 Å². The monoisotopic (exact) mass is 455 g/mol. The Morgan fingerprint density at radius 2 is 1.70 bits per heavy atom. The number of thiophene rings is 2. The molecule has 0 radical (unpaired) electrons. The predicted molar refractivity (Wildman–Crippen MR) is 120 cm³/mol. The molecule has 1 fully saturated rings. The molecular formula is C22H17NO4S3. The van der Waals surface area contributed by atoms with Gasteiger partial charge in [-0.15, -0.1) is 22.7 Å². The van der Waals surface area contributed by atoms with Crippen molar-refractivity contribution in [3.8, 4) is 9.75 Å². The van der Waals surface area contributed by atoms with Crippen molar-refractivity contribution < 1.29 is 18.3 Å². The zero-order chi connectivity index (χ0) is 20.9. The summed E-state index contributed by atoms with van der Waals surface area (Å²) in [5, 5.41) is 10.9. The fourth-order valence-electron chi connectivity index (χ4n) is 3.73. The number of carbonyl (C=O) groups is 1. The molecular weight excluding hydrogens is 438 g/mol. The SMILES string of the molecule is O=C(O)[C@]1(NS(=O)(=O)c2ccc(-c3cc4ccccc4s3)s2)C[C@H]1c1ccccc1. The summed E-state index contributed by atoms with van der Waals surface area (Å²) in [6.07, 6.45) is 0.236. The molecule has 0 spiro atoms. The molecule has 0 amide bonds. The summed E-state index contributed by atoms with van der Waals surface area (Å²) in [6.45, 7) is 0. The number of carboxylic acids is 1. The second-order valence-electron chi connectivity index (χ2n) is 7.32. The summed E-state index contributed by atoms with van der Waals surface area (Å²) < 4.78 is 29.8. The predicted octanol–water partition coefficient (Wildman–Crippen LogP) is 4.92. The lowest BCUT2D eigenvalue weighted by atomic mass is 10.1. The largest absolute Gasteiger partial charge is 0.480 e.